The molecule has 8 nitrogen and oxygen atoms in total. The van der Waals surface area contributed by atoms with E-state index in [9.17, 15) is 20.2 Å². The topological polar surface area (TPSA) is 122 Å². The number of nitro benzene ring substituents is 1. The quantitative estimate of drug-likeness (QED) is 0.157. The molecule has 4 aromatic rings. The summed E-state index contributed by atoms with van der Waals surface area (Å²) in [5, 5.41) is 26.7. The molecule has 158 valence electrons. The van der Waals surface area contributed by atoms with Crippen LogP contribution in [0.4, 0.5) is 11.4 Å². The molecule has 0 bridgehead atoms. The summed E-state index contributed by atoms with van der Waals surface area (Å²) in [5.41, 5.74) is 0.586. The second-order valence-electron chi connectivity index (χ2n) is 6.40. The van der Waals surface area contributed by atoms with E-state index in [0.717, 1.165) is 11.3 Å². The van der Waals surface area contributed by atoms with Gasteiger partial charge in [0.1, 0.15) is 22.2 Å². The number of rotatable bonds is 5. The summed E-state index contributed by atoms with van der Waals surface area (Å²) >= 11 is 13.2. The van der Waals surface area contributed by atoms with Gasteiger partial charge in [-0.3, -0.25) is 10.1 Å². The number of halogens is 2. The van der Waals surface area contributed by atoms with Gasteiger partial charge >= 0.3 is 5.63 Å². The highest BCUT2D eigenvalue weighted by Gasteiger charge is 2.15. The van der Waals surface area contributed by atoms with Crippen molar-refractivity contribution in [2.75, 3.05) is 5.32 Å². The Kier molecular flexibility index (Phi) is 5.92. The van der Waals surface area contributed by atoms with E-state index in [2.05, 4.69) is 10.3 Å². The number of benzene rings is 2. The number of nitrogens with zero attached hydrogens (tertiary/aromatic N) is 3. The third-order valence-corrected chi connectivity index (χ3v) is 5.80. The number of anilines is 1. The molecule has 0 amide bonds. The van der Waals surface area contributed by atoms with Gasteiger partial charge in [0, 0.05) is 34.1 Å². The van der Waals surface area contributed by atoms with E-state index < -0.39 is 10.5 Å². The minimum absolute atomic E-state index is 0.128. The highest BCUT2D eigenvalue weighted by atomic mass is 35.5. The van der Waals surface area contributed by atoms with Crippen LogP contribution in [0, 0.1) is 21.4 Å². The fourth-order valence-electron chi connectivity index (χ4n) is 2.82. The van der Waals surface area contributed by atoms with E-state index in [-0.39, 0.29) is 28.1 Å². The molecule has 0 aliphatic carbocycles. The normalized spacial score (nSPS) is 11.3. The number of hydrogen-bond acceptors (Lipinski definition) is 8. The fourth-order valence-corrected chi connectivity index (χ4v) is 3.95. The summed E-state index contributed by atoms with van der Waals surface area (Å²) < 4.78 is 5.28. The second-order valence-corrected chi connectivity index (χ2v) is 8.10. The molecule has 11 heteroatoms. The number of aromatic nitrogens is 1. The molecule has 0 saturated carbocycles. The summed E-state index contributed by atoms with van der Waals surface area (Å²) in [7, 11) is 0. The average Bonchev–Trinajstić information content (AvgIpc) is 3.25. The van der Waals surface area contributed by atoms with Gasteiger partial charge in [0.25, 0.3) is 5.69 Å². The molecular formula is C21H10Cl2N4O4S. The van der Waals surface area contributed by atoms with Crippen molar-refractivity contribution in [2.45, 2.75) is 0 Å². The zero-order valence-electron chi connectivity index (χ0n) is 15.8. The first-order valence-corrected chi connectivity index (χ1v) is 10.5. The lowest BCUT2D eigenvalue weighted by atomic mass is 10.1. The van der Waals surface area contributed by atoms with E-state index in [1.165, 1.54) is 30.5 Å². The van der Waals surface area contributed by atoms with E-state index in [1.54, 1.807) is 23.6 Å². The summed E-state index contributed by atoms with van der Waals surface area (Å²) in [5.74, 6) is 0. The number of fused-ring (bicyclic) bond motifs is 1. The van der Waals surface area contributed by atoms with Crippen molar-refractivity contribution < 1.29 is 9.34 Å². The van der Waals surface area contributed by atoms with Gasteiger partial charge in [0.2, 0.25) is 0 Å². The van der Waals surface area contributed by atoms with Gasteiger partial charge in [-0.1, -0.05) is 23.2 Å². The molecule has 0 fully saturated rings. The Labute approximate surface area is 194 Å². The van der Waals surface area contributed by atoms with Crippen molar-refractivity contribution in [3.05, 3.63) is 89.6 Å². The lowest BCUT2D eigenvalue weighted by Gasteiger charge is -2.04. The molecule has 2 heterocycles. The monoisotopic (exact) mass is 484 g/mol. The SMILES string of the molecule is N#C/C(=C/Nc1cc(Cl)ccc1Cl)c1nc(-c2cc3cc([N+](=O)[O-])ccc3oc2=O)cs1. The zero-order valence-corrected chi connectivity index (χ0v) is 18.2. The van der Waals surface area contributed by atoms with Crippen molar-refractivity contribution >= 4 is 62.5 Å². The standard InChI is InChI=1S/C21H10Cl2N4O4S/c22-13-1-3-16(23)17(7-13)25-9-12(8-24)20-26-18(10-32-20)15-6-11-5-14(27(29)30)2-4-19(11)31-21(15)28/h1-7,9-10,25H/b12-9-. The molecule has 32 heavy (non-hydrogen) atoms. The Morgan fingerprint density at radius 2 is 2.06 bits per heavy atom. The number of allylic oxidation sites excluding steroid dienone is 1. The predicted molar refractivity (Wildman–Crippen MR) is 124 cm³/mol. The molecule has 0 saturated heterocycles. The van der Waals surface area contributed by atoms with Crippen molar-refractivity contribution in [2.24, 2.45) is 0 Å². The van der Waals surface area contributed by atoms with Gasteiger partial charge in [0.15, 0.2) is 0 Å². The molecule has 2 aromatic heterocycles. The smallest absolute Gasteiger partial charge is 0.345 e. The van der Waals surface area contributed by atoms with Gasteiger partial charge < -0.3 is 9.73 Å². The van der Waals surface area contributed by atoms with E-state index in [1.807, 2.05) is 6.07 Å². The lowest BCUT2D eigenvalue weighted by Crippen LogP contribution is -2.03. The van der Waals surface area contributed by atoms with Crippen LogP contribution in [0.15, 0.2) is 63.3 Å². The number of nitrogens with one attached hydrogen (secondary N) is 1. The largest absolute Gasteiger partial charge is 0.422 e. The van der Waals surface area contributed by atoms with Crippen LogP contribution in [-0.2, 0) is 0 Å². The molecule has 1 N–H and O–H groups in total. The molecule has 0 unspecified atom stereocenters. The first kappa shape index (κ1) is 21.5. The molecular weight excluding hydrogens is 475 g/mol. The summed E-state index contributed by atoms with van der Waals surface area (Å²) in [4.78, 5) is 27.3. The van der Waals surface area contributed by atoms with Crippen molar-refractivity contribution in [3.63, 3.8) is 0 Å². The van der Waals surface area contributed by atoms with Gasteiger partial charge in [-0.2, -0.15) is 5.26 Å². The summed E-state index contributed by atoms with van der Waals surface area (Å²) in [6.07, 6.45) is 1.44. The average molecular weight is 485 g/mol. The predicted octanol–water partition coefficient (Wildman–Crippen LogP) is 6.11. The fraction of sp³-hybridized carbons (Fsp3) is 0. The molecule has 0 radical (unpaired) electrons. The zero-order chi connectivity index (χ0) is 22.8. The first-order chi connectivity index (χ1) is 15.4. The van der Waals surface area contributed by atoms with Crippen LogP contribution in [0.3, 0.4) is 0 Å². The van der Waals surface area contributed by atoms with Crippen molar-refractivity contribution in [1.29, 1.82) is 5.26 Å². The molecule has 0 atom stereocenters. The first-order valence-electron chi connectivity index (χ1n) is 8.86. The Morgan fingerprint density at radius 3 is 2.81 bits per heavy atom. The number of thiazole rings is 1. The maximum Gasteiger partial charge on any atom is 0.345 e. The Balaban J connectivity index is 1.69. The molecule has 0 spiro atoms. The summed E-state index contributed by atoms with van der Waals surface area (Å²) in [6.45, 7) is 0. The number of nitriles is 1. The molecule has 4 rings (SSSR count). The minimum Gasteiger partial charge on any atom is -0.422 e. The number of non-ortho nitro benzene ring substituents is 1. The van der Waals surface area contributed by atoms with Gasteiger partial charge in [-0.05, 0) is 30.3 Å². The Bertz CT molecular complexity index is 1500. The van der Waals surface area contributed by atoms with E-state index in [0.29, 0.717) is 26.1 Å². The minimum atomic E-state index is -0.644. The van der Waals surface area contributed by atoms with Crippen LogP contribution in [0.1, 0.15) is 5.01 Å². The summed E-state index contributed by atoms with van der Waals surface area (Å²) in [6, 6.07) is 12.3. The molecule has 0 aliphatic rings. The van der Waals surface area contributed by atoms with Gasteiger partial charge in [-0.15, -0.1) is 11.3 Å². The Hall–Kier alpha value is -3.71. The molecule has 0 aliphatic heterocycles. The lowest BCUT2D eigenvalue weighted by molar-refractivity contribution is -0.384. The van der Waals surface area contributed by atoms with Crippen LogP contribution in [0.25, 0.3) is 27.8 Å². The van der Waals surface area contributed by atoms with Crippen LogP contribution >= 0.6 is 34.5 Å². The third kappa shape index (κ3) is 4.33. The van der Waals surface area contributed by atoms with Crippen LogP contribution in [-0.4, -0.2) is 9.91 Å². The number of hydrogen-bond donors (Lipinski definition) is 1. The van der Waals surface area contributed by atoms with Gasteiger partial charge in [-0.25, -0.2) is 9.78 Å². The highest BCUT2D eigenvalue weighted by molar-refractivity contribution is 7.11. The van der Waals surface area contributed by atoms with E-state index >= 15 is 0 Å². The maximum absolute atomic E-state index is 12.4. The second kappa shape index (κ2) is 8.80. The van der Waals surface area contributed by atoms with Crippen LogP contribution < -0.4 is 10.9 Å². The molecule has 2 aromatic carbocycles. The third-order valence-electron chi connectivity index (χ3n) is 4.36. The van der Waals surface area contributed by atoms with E-state index in [4.69, 9.17) is 27.6 Å². The van der Waals surface area contributed by atoms with Crippen molar-refractivity contribution in [3.8, 4) is 17.3 Å². The van der Waals surface area contributed by atoms with Crippen molar-refractivity contribution in [1.82, 2.24) is 4.98 Å². The van der Waals surface area contributed by atoms with Gasteiger partial charge in [0.05, 0.1) is 26.9 Å². The highest BCUT2D eigenvalue weighted by Crippen LogP contribution is 2.29. The van der Waals surface area contributed by atoms with Crippen LogP contribution in [0.2, 0.25) is 10.0 Å². The Morgan fingerprint density at radius 1 is 1.25 bits per heavy atom. The van der Waals surface area contributed by atoms with Crippen LogP contribution in [0.5, 0.6) is 0 Å². The number of nitro groups is 1. The maximum atomic E-state index is 12.4.